The van der Waals surface area contributed by atoms with Gasteiger partial charge in [-0.1, -0.05) is 60.7 Å². The van der Waals surface area contributed by atoms with Crippen molar-refractivity contribution in [3.63, 3.8) is 0 Å². The van der Waals surface area contributed by atoms with Gasteiger partial charge in [-0.15, -0.1) is 0 Å². The highest BCUT2D eigenvalue weighted by Crippen LogP contribution is 2.29. The molecule has 1 aliphatic heterocycles. The van der Waals surface area contributed by atoms with E-state index in [0.717, 1.165) is 28.9 Å². The molecule has 0 unspecified atom stereocenters. The third-order valence-electron chi connectivity index (χ3n) is 9.68. The normalized spacial score (nSPS) is 13.8. The number of nitrogens with zero attached hydrogens (tertiary/aromatic N) is 4. The molecule has 1 aliphatic rings. The number of ether oxygens (including phenoxy) is 2. The van der Waals surface area contributed by atoms with Gasteiger partial charge in [0.05, 0.1) is 25.9 Å². The first-order valence-corrected chi connectivity index (χ1v) is 18.3. The van der Waals surface area contributed by atoms with Gasteiger partial charge in [-0.05, 0) is 64.7 Å². The molecule has 1 atom stereocenters. The molecule has 9 nitrogen and oxygen atoms in total. The molecular weight excluding hydrogens is 728 g/mol. The summed E-state index contributed by atoms with van der Waals surface area (Å²) < 4.78 is 64.5. The molecule has 1 heterocycles. The van der Waals surface area contributed by atoms with E-state index >= 15 is 0 Å². The molecular formula is C43H46F4N4O5. The SMILES string of the molecule is COc1ccc(COCCN(C)C(=O)[C@H](Cc2ccccc2)N(Cc2ccc(N3CCN(C(C)=O)CC3)cc2)C(=O)/C=C/c2ccc(C(F)(F)F)cc2)cc1F. The molecule has 296 valence electrons. The maximum absolute atomic E-state index is 14.4. The summed E-state index contributed by atoms with van der Waals surface area (Å²) in [7, 11) is 3.01. The summed E-state index contributed by atoms with van der Waals surface area (Å²) in [6.07, 6.45) is -1.60. The lowest BCUT2D eigenvalue weighted by Crippen LogP contribution is -2.51. The number of piperazine rings is 1. The molecule has 4 aromatic rings. The first kappa shape index (κ1) is 41.5. The average molecular weight is 775 g/mol. The first-order valence-electron chi connectivity index (χ1n) is 18.3. The largest absolute Gasteiger partial charge is 0.494 e. The Bertz CT molecular complexity index is 1950. The van der Waals surface area contributed by atoms with Gasteiger partial charge in [-0.3, -0.25) is 14.4 Å². The molecule has 0 N–H and O–H groups in total. The minimum atomic E-state index is -4.50. The highest BCUT2D eigenvalue weighted by atomic mass is 19.4. The maximum atomic E-state index is 14.4. The van der Waals surface area contributed by atoms with Gasteiger partial charge in [-0.25, -0.2) is 4.39 Å². The summed E-state index contributed by atoms with van der Waals surface area (Å²) in [5.41, 5.74) is 2.73. The zero-order valence-electron chi connectivity index (χ0n) is 31.7. The van der Waals surface area contributed by atoms with Crippen molar-refractivity contribution in [1.82, 2.24) is 14.7 Å². The van der Waals surface area contributed by atoms with E-state index in [2.05, 4.69) is 4.90 Å². The highest BCUT2D eigenvalue weighted by Gasteiger charge is 2.32. The highest BCUT2D eigenvalue weighted by molar-refractivity contribution is 5.95. The minimum absolute atomic E-state index is 0.0418. The number of carbonyl (C=O) groups excluding carboxylic acids is 3. The lowest BCUT2D eigenvalue weighted by molar-refractivity contribution is -0.143. The summed E-state index contributed by atoms with van der Waals surface area (Å²) in [4.78, 5) is 47.3. The summed E-state index contributed by atoms with van der Waals surface area (Å²) in [6.45, 7) is 4.64. The molecule has 4 aromatic carbocycles. The van der Waals surface area contributed by atoms with Gasteiger partial charge in [0.1, 0.15) is 6.04 Å². The van der Waals surface area contributed by atoms with Crippen molar-refractivity contribution >= 4 is 29.5 Å². The van der Waals surface area contributed by atoms with E-state index in [1.54, 1.807) is 20.0 Å². The number of carbonyl (C=O) groups is 3. The van der Waals surface area contributed by atoms with Crippen molar-refractivity contribution in [2.45, 2.75) is 38.7 Å². The van der Waals surface area contributed by atoms with Crippen LogP contribution in [0.25, 0.3) is 6.08 Å². The van der Waals surface area contributed by atoms with E-state index in [0.29, 0.717) is 37.3 Å². The van der Waals surface area contributed by atoms with E-state index in [1.165, 1.54) is 53.3 Å². The molecule has 3 amide bonds. The van der Waals surface area contributed by atoms with Crippen molar-refractivity contribution < 1.29 is 41.4 Å². The maximum Gasteiger partial charge on any atom is 0.416 e. The smallest absolute Gasteiger partial charge is 0.416 e. The van der Waals surface area contributed by atoms with E-state index in [1.807, 2.05) is 59.5 Å². The van der Waals surface area contributed by atoms with Gasteiger partial charge in [0.25, 0.3) is 0 Å². The molecule has 56 heavy (non-hydrogen) atoms. The third kappa shape index (κ3) is 11.4. The van der Waals surface area contributed by atoms with Crippen LogP contribution in [0.2, 0.25) is 0 Å². The Morgan fingerprint density at radius 2 is 1.52 bits per heavy atom. The molecule has 1 fully saturated rings. The number of anilines is 1. The Morgan fingerprint density at radius 3 is 2.12 bits per heavy atom. The molecule has 1 saturated heterocycles. The zero-order chi connectivity index (χ0) is 40.2. The fraction of sp³-hybridized carbons (Fsp3) is 0.326. The van der Waals surface area contributed by atoms with Crippen LogP contribution < -0.4 is 9.64 Å². The molecule has 0 saturated carbocycles. The van der Waals surface area contributed by atoms with E-state index in [4.69, 9.17) is 9.47 Å². The number of hydrogen-bond donors (Lipinski definition) is 0. The lowest BCUT2D eigenvalue weighted by atomic mass is 10.0. The average Bonchev–Trinajstić information content (AvgIpc) is 3.20. The van der Waals surface area contributed by atoms with Crippen LogP contribution in [0.1, 0.15) is 34.7 Å². The fourth-order valence-electron chi connectivity index (χ4n) is 6.40. The topological polar surface area (TPSA) is 82.6 Å². The van der Waals surface area contributed by atoms with Crippen LogP contribution in [0.4, 0.5) is 23.2 Å². The van der Waals surface area contributed by atoms with Crippen LogP contribution in [-0.4, -0.2) is 92.0 Å². The Balaban J connectivity index is 1.37. The van der Waals surface area contributed by atoms with Crippen LogP contribution >= 0.6 is 0 Å². The van der Waals surface area contributed by atoms with Gasteiger partial charge in [0, 0.05) is 71.4 Å². The molecule has 0 radical (unpaired) electrons. The van der Waals surface area contributed by atoms with Gasteiger partial charge >= 0.3 is 6.18 Å². The van der Waals surface area contributed by atoms with Crippen LogP contribution in [0.3, 0.4) is 0 Å². The van der Waals surface area contributed by atoms with E-state index in [-0.39, 0.29) is 50.3 Å². The van der Waals surface area contributed by atoms with Crippen molar-refractivity contribution in [3.05, 3.63) is 137 Å². The predicted molar refractivity (Wildman–Crippen MR) is 206 cm³/mol. The fourth-order valence-corrected chi connectivity index (χ4v) is 6.40. The van der Waals surface area contributed by atoms with Crippen LogP contribution in [-0.2, 0) is 44.9 Å². The molecule has 0 spiro atoms. The van der Waals surface area contributed by atoms with Gasteiger partial charge in [0.2, 0.25) is 17.7 Å². The number of rotatable bonds is 15. The quantitative estimate of drug-likeness (QED) is 0.0748. The second kappa shape index (κ2) is 19.3. The third-order valence-corrected chi connectivity index (χ3v) is 9.68. The van der Waals surface area contributed by atoms with Crippen molar-refractivity contribution in [1.29, 1.82) is 0 Å². The predicted octanol–water partition coefficient (Wildman–Crippen LogP) is 6.85. The number of amides is 3. The van der Waals surface area contributed by atoms with Crippen LogP contribution in [0, 0.1) is 5.82 Å². The number of benzene rings is 4. The van der Waals surface area contributed by atoms with Crippen molar-refractivity contribution in [2.24, 2.45) is 0 Å². The van der Waals surface area contributed by atoms with Gasteiger partial charge < -0.3 is 29.1 Å². The van der Waals surface area contributed by atoms with E-state index in [9.17, 15) is 31.9 Å². The van der Waals surface area contributed by atoms with Gasteiger partial charge in [-0.2, -0.15) is 13.2 Å². The molecule has 13 heteroatoms. The second-order valence-corrected chi connectivity index (χ2v) is 13.6. The lowest BCUT2D eigenvalue weighted by Gasteiger charge is -2.36. The number of hydrogen-bond acceptors (Lipinski definition) is 6. The Labute approximate surface area is 324 Å². The monoisotopic (exact) mass is 774 g/mol. The Morgan fingerprint density at radius 1 is 0.857 bits per heavy atom. The summed E-state index contributed by atoms with van der Waals surface area (Å²) in [6, 6.07) is 25.0. The number of methoxy groups -OCH3 is 1. The Kier molecular flexibility index (Phi) is 14.3. The van der Waals surface area contributed by atoms with Crippen LogP contribution in [0.15, 0.2) is 103 Å². The molecule has 5 rings (SSSR count). The molecule has 0 aliphatic carbocycles. The standard InChI is InChI=1S/C43H46F4N4O5/c1-31(52)49-21-23-50(24-22-49)37-17-11-34(12-18-37)29-51(41(53)20-14-32-9-15-36(16-10-32)43(45,46)47)39(28-33-7-5-4-6-8-33)42(54)48(2)25-26-56-30-35-13-19-40(55-3)38(44)27-35/h4-20,27,39H,21-26,28-30H2,1-3H3/b20-14+/t39-/m0/s1. The zero-order valence-corrected chi connectivity index (χ0v) is 31.7. The van der Waals surface area contributed by atoms with Crippen molar-refractivity contribution in [2.75, 3.05) is 58.4 Å². The molecule has 0 bridgehead atoms. The number of alkyl halides is 3. The summed E-state index contributed by atoms with van der Waals surface area (Å²) in [5.74, 6) is -1.19. The van der Waals surface area contributed by atoms with Gasteiger partial charge in [0.15, 0.2) is 11.6 Å². The second-order valence-electron chi connectivity index (χ2n) is 13.6. The summed E-state index contributed by atoms with van der Waals surface area (Å²) >= 11 is 0. The minimum Gasteiger partial charge on any atom is -0.494 e. The molecule has 0 aromatic heterocycles. The van der Waals surface area contributed by atoms with Crippen LogP contribution in [0.5, 0.6) is 5.75 Å². The first-order chi connectivity index (χ1) is 26.8. The number of likely N-dealkylation sites (N-methyl/N-ethyl adjacent to an activating group) is 1. The number of halogens is 4. The summed E-state index contributed by atoms with van der Waals surface area (Å²) in [5, 5.41) is 0. The van der Waals surface area contributed by atoms with E-state index < -0.39 is 29.5 Å². The van der Waals surface area contributed by atoms with Crippen molar-refractivity contribution in [3.8, 4) is 5.75 Å². The Hall–Kier alpha value is -5.69.